The Labute approximate surface area is 93.3 Å². The minimum absolute atomic E-state index is 0.263. The maximum Gasteiger partial charge on any atom is 0.128 e. The van der Waals surface area contributed by atoms with Gasteiger partial charge in [0, 0.05) is 10.6 Å². The number of hydrogen-bond acceptors (Lipinski definition) is 0. The smallest absolute Gasteiger partial charge is 0.128 e. The van der Waals surface area contributed by atoms with E-state index in [1.807, 2.05) is 30.3 Å². The van der Waals surface area contributed by atoms with Crippen molar-refractivity contribution in [3.8, 4) is 11.1 Å². The molecule has 0 atom stereocenters. The van der Waals surface area contributed by atoms with Crippen LogP contribution in [0, 0.1) is 12.7 Å². The number of halogens is 2. The summed E-state index contributed by atoms with van der Waals surface area (Å²) in [6, 6.07) is 12.9. The van der Waals surface area contributed by atoms with Crippen molar-refractivity contribution in [1.82, 2.24) is 0 Å². The van der Waals surface area contributed by atoms with Gasteiger partial charge in [0.25, 0.3) is 0 Å². The van der Waals surface area contributed by atoms with Crippen molar-refractivity contribution in [3.63, 3.8) is 0 Å². The third kappa shape index (κ3) is 2.02. The van der Waals surface area contributed by atoms with Gasteiger partial charge in [-0.3, -0.25) is 0 Å². The van der Waals surface area contributed by atoms with Crippen molar-refractivity contribution >= 4 is 11.6 Å². The minimum Gasteiger partial charge on any atom is -0.207 e. The van der Waals surface area contributed by atoms with Crippen molar-refractivity contribution in [2.24, 2.45) is 0 Å². The molecule has 0 amide bonds. The highest BCUT2D eigenvalue weighted by molar-refractivity contribution is 6.31. The van der Waals surface area contributed by atoms with Crippen molar-refractivity contribution in [2.75, 3.05) is 0 Å². The highest BCUT2D eigenvalue weighted by atomic mass is 35.5. The topological polar surface area (TPSA) is 0 Å². The molecule has 2 aromatic carbocycles. The van der Waals surface area contributed by atoms with Gasteiger partial charge in [0.2, 0.25) is 0 Å². The summed E-state index contributed by atoms with van der Waals surface area (Å²) in [6.07, 6.45) is 0. The minimum atomic E-state index is -0.263. The standard InChI is InChI=1S/C13H10ClF/c1-9-12(14)7-11(8-13(9)15)10-5-3-2-4-6-10/h2-8H,1H3. The summed E-state index contributed by atoms with van der Waals surface area (Å²) in [5.74, 6) is -0.263. The van der Waals surface area contributed by atoms with E-state index in [0.717, 1.165) is 11.1 Å². The third-order valence-corrected chi connectivity index (χ3v) is 2.78. The Morgan fingerprint density at radius 1 is 1.00 bits per heavy atom. The quantitative estimate of drug-likeness (QED) is 0.666. The highest BCUT2D eigenvalue weighted by Crippen LogP contribution is 2.27. The van der Waals surface area contributed by atoms with Gasteiger partial charge in [0.15, 0.2) is 0 Å². The Kier molecular flexibility index (Phi) is 2.74. The normalized spacial score (nSPS) is 10.3. The van der Waals surface area contributed by atoms with Crippen molar-refractivity contribution in [2.45, 2.75) is 6.92 Å². The summed E-state index contributed by atoms with van der Waals surface area (Å²) in [5, 5.41) is 0.467. The fourth-order valence-corrected chi connectivity index (χ4v) is 1.65. The summed E-state index contributed by atoms with van der Waals surface area (Å²) >= 11 is 5.93. The molecule has 2 aromatic rings. The van der Waals surface area contributed by atoms with Crippen LogP contribution >= 0.6 is 11.6 Å². The first-order valence-corrected chi connectivity index (χ1v) is 5.07. The molecule has 0 N–H and O–H groups in total. The predicted molar refractivity (Wildman–Crippen MR) is 61.6 cm³/mol. The Hall–Kier alpha value is -1.34. The molecule has 0 aliphatic carbocycles. The molecule has 15 heavy (non-hydrogen) atoms. The molecule has 0 aliphatic heterocycles. The van der Waals surface area contributed by atoms with Crippen molar-refractivity contribution in [3.05, 3.63) is 58.9 Å². The van der Waals surface area contributed by atoms with Crippen molar-refractivity contribution < 1.29 is 4.39 Å². The first kappa shape index (κ1) is 10.2. The van der Waals surface area contributed by atoms with Crippen LogP contribution in [0.15, 0.2) is 42.5 Å². The lowest BCUT2D eigenvalue weighted by Crippen LogP contribution is -1.86. The molecule has 0 unspecified atom stereocenters. The molecule has 2 heteroatoms. The zero-order valence-electron chi connectivity index (χ0n) is 8.30. The molecule has 0 saturated carbocycles. The van der Waals surface area contributed by atoms with Gasteiger partial charge in [-0.05, 0) is 30.2 Å². The van der Waals surface area contributed by atoms with Gasteiger partial charge < -0.3 is 0 Å². The molecule has 0 heterocycles. The summed E-state index contributed by atoms with van der Waals surface area (Å²) in [6.45, 7) is 1.67. The van der Waals surface area contributed by atoms with Crippen LogP contribution in [0.4, 0.5) is 4.39 Å². The monoisotopic (exact) mass is 220 g/mol. The molecule has 76 valence electrons. The summed E-state index contributed by atoms with van der Waals surface area (Å²) in [7, 11) is 0. The van der Waals surface area contributed by atoms with Crippen LogP contribution in [0.5, 0.6) is 0 Å². The van der Waals surface area contributed by atoms with Gasteiger partial charge in [-0.1, -0.05) is 41.9 Å². The maximum absolute atomic E-state index is 13.4. The first-order chi connectivity index (χ1) is 7.18. The van der Waals surface area contributed by atoms with Crippen LogP contribution in [0.25, 0.3) is 11.1 Å². The maximum atomic E-state index is 13.4. The van der Waals surface area contributed by atoms with Gasteiger partial charge in [0.05, 0.1) is 0 Å². The van der Waals surface area contributed by atoms with E-state index < -0.39 is 0 Å². The van der Waals surface area contributed by atoms with Gasteiger partial charge >= 0.3 is 0 Å². The van der Waals surface area contributed by atoms with E-state index in [-0.39, 0.29) is 5.82 Å². The second-order valence-corrected chi connectivity index (χ2v) is 3.84. The SMILES string of the molecule is Cc1c(F)cc(-c2ccccc2)cc1Cl. The Morgan fingerprint density at radius 2 is 1.67 bits per heavy atom. The second kappa shape index (κ2) is 4.03. The van der Waals surface area contributed by atoms with Gasteiger partial charge in [-0.15, -0.1) is 0 Å². The van der Waals surface area contributed by atoms with Crippen LogP contribution < -0.4 is 0 Å². The lowest BCUT2D eigenvalue weighted by atomic mass is 10.0. The summed E-state index contributed by atoms with van der Waals surface area (Å²) < 4.78 is 13.4. The molecular weight excluding hydrogens is 211 g/mol. The average Bonchev–Trinajstić information content (AvgIpc) is 2.26. The molecule has 0 fully saturated rings. The van der Waals surface area contributed by atoms with E-state index in [4.69, 9.17) is 11.6 Å². The average molecular weight is 221 g/mol. The number of benzene rings is 2. The second-order valence-electron chi connectivity index (χ2n) is 3.43. The van der Waals surface area contributed by atoms with E-state index in [1.165, 1.54) is 6.07 Å². The molecule has 0 saturated heterocycles. The molecule has 0 spiro atoms. The molecule has 0 bridgehead atoms. The molecular formula is C13H10ClF. The highest BCUT2D eigenvalue weighted by Gasteiger charge is 2.06. The van der Waals surface area contributed by atoms with E-state index in [1.54, 1.807) is 13.0 Å². The lowest BCUT2D eigenvalue weighted by molar-refractivity contribution is 0.619. The zero-order valence-corrected chi connectivity index (χ0v) is 9.05. The van der Waals surface area contributed by atoms with Gasteiger partial charge in [-0.2, -0.15) is 0 Å². The Balaban J connectivity index is 2.56. The van der Waals surface area contributed by atoms with E-state index in [9.17, 15) is 4.39 Å². The first-order valence-electron chi connectivity index (χ1n) is 4.69. The molecule has 0 nitrogen and oxygen atoms in total. The predicted octanol–water partition coefficient (Wildman–Crippen LogP) is 4.45. The molecule has 2 rings (SSSR count). The van der Waals surface area contributed by atoms with Crippen LogP contribution in [-0.4, -0.2) is 0 Å². The third-order valence-electron chi connectivity index (χ3n) is 2.39. The zero-order chi connectivity index (χ0) is 10.8. The van der Waals surface area contributed by atoms with E-state index in [0.29, 0.717) is 10.6 Å². The summed E-state index contributed by atoms with van der Waals surface area (Å²) in [4.78, 5) is 0. The van der Waals surface area contributed by atoms with Gasteiger partial charge in [-0.25, -0.2) is 4.39 Å². The number of rotatable bonds is 1. The largest absolute Gasteiger partial charge is 0.207 e. The Morgan fingerprint density at radius 3 is 2.27 bits per heavy atom. The van der Waals surface area contributed by atoms with Gasteiger partial charge in [0.1, 0.15) is 5.82 Å². The fourth-order valence-electron chi connectivity index (χ4n) is 1.44. The summed E-state index contributed by atoms with van der Waals surface area (Å²) in [5.41, 5.74) is 2.28. The van der Waals surface area contributed by atoms with Crippen LogP contribution in [0.2, 0.25) is 5.02 Å². The van der Waals surface area contributed by atoms with Crippen molar-refractivity contribution in [1.29, 1.82) is 0 Å². The molecule has 0 radical (unpaired) electrons. The van der Waals surface area contributed by atoms with Crippen LogP contribution in [0.3, 0.4) is 0 Å². The van der Waals surface area contributed by atoms with Crippen LogP contribution in [-0.2, 0) is 0 Å². The molecule has 0 aliphatic rings. The van der Waals surface area contributed by atoms with E-state index >= 15 is 0 Å². The Bertz CT molecular complexity index is 454. The van der Waals surface area contributed by atoms with Crippen LogP contribution in [0.1, 0.15) is 5.56 Å². The lowest BCUT2D eigenvalue weighted by Gasteiger charge is -2.05. The fraction of sp³-hybridized carbons (Fsp3) is 0.0769. The number of hydrogen-bond donors (Lipinski definition) is 0. The van der Waals surface area contributed by atoms with E-state index in [2.05, 4.69) is 0 Å². The molecule has 0 aromatic heterocycles.